The highest BCUT2D eigenvalue weighted by atomic mass is 15.3. The number of rotatable bonds is 0. The molecular weight excluding hydrogens is 126 g/mol. The number of hydrazone groups is 1. The van der Waals surface area contributed by atoms with Gasteiger partial charge < -0.3 is 0 Å². The molecule has 2 heterocycles. The number of nitrogens with one attached hydrogen (secondary N) is 1. The second-order valence-electron chi connectivity index (χ2n) is 2.04. The topological polar surface area (TPSA) is 38.5 Å². The predicted octanol–water partition coefficient (Wildman–Crippen LogP) is 0.475. The van der Waals surface area contributed by atoms with Crippen molar-refractivity contribution in [1.82, 2.24) is 10.7 Å². The fourth-order valence-electron chi connectivity index (χ4n) is 0.870. The molecular formula is C7H6N3. The van der Waals surface area contributed by atoms with E-state index in [1.807, 2.05) is 12.3 Å². The fourth-order valence-corrected chi connectivity index (χ4v) is 0.870. The summed E-state index contributed by atoms with van der Waals surface area (Å²) in [5.41, 5.74) is 4.94. The molecule has 0 spiro atoms. The van der Waals surface area contributed by atoms with Crippen molar-refractivity contribution in [3.63, 3.8) is 0 Å². The molecule has 0 saturated heterocycles. The van der Waals surface area contributed by atoms with Gasteiger partial charge in [0.2, 0.25) is 0 Å². The van der Waals surface area contributed by atoms with E-state index in [2.05, 4.69) is 15.8 Å². The maximum absolute atomic E-state index is 3.96. The molecule has 1 N–H and O–H groups in total. The van der Waals surface area contributed by atoms with Crippen LogP contribution < -0.4 is 10.7 Å². The van der Waals surface area contributed by atoms with Crippen LogP contribution in [0, 0.1) is 0 Å². The van der Waals surface area contributed by atoms with Gasteiger partial charge in [0.25, 0.3) is 0 Å². The van der Waals surface area contributed by atoms with Crippen molar-refractivity contribution < 1.29 is 0 Å². The van der Waals surface area contributed by atoms with E-state index in [4.69, 9.17) is 0 Å². The summed E-state index contributed by atoms with van der Waals surface area (Å²) in [4.78, 5) is 0. The van der Waals surface area contributed by atoms with E-state index in [9.17, 15) is 0 Å². The Labute approximate surface area is 58.8 Å². The Morgan fingerprint density at radius 2 is 2.30 bits per heavy atom. The lowest BCUT2D eigenvalue weighted by molar-refractivity contribution is 0.946. The first kappa shape index (κ1) is 5.29. The molecule has 0 atom stereocenters. The third-order valence-corrected chi connectivity index (χ3v) is 1.39. The molecule has 0 amide bonds. The molecule has 10 heavy (non-hydrogen) atoms. The smallest absolute Gasteiger partial charge is 0.0566 e. The van der Waals surface area contributed by atoms with Crippen LogP contribution in [-0.4, -0.2) is 6.21 Å². The molecule has 0 bridgehead atoms. The van der Waals surface area contributed by atoms with Gasteiger partial charge in [-0.15, -0.1) is 0 Å². The van der Waals surface area contributed by atoms with Gasteiger partial charge in [-0.3, -0.25) is 10.7 Å². The van der Waals surface area contributed by atoms with Gasteiger partial charge in [-0.25, -0.2) is 0 Å². The number of hydrogen-bond acceptors (Lipinski definition) is 2. The minimum atomic E-state index is 1.06. The fraction of sp³-hybridized carbons (Fsp3) is 0. The molecule has 0 fully saturated rings. The second kappa shape index (κ2) is 2.02. The summed E-state index contributed by atoms with van der Waals surface area (Å²) in [5.74, 6) is 0. The summed E-state index contributed by atoms with van der Waals surface area (Å²) in [7, 11) is 0. The van der Waals surface area contributed by atoms with Crippen molar-refractivity contribution in [3.8, 4) is 0 Å². The average molecular weight is 132 g/mol. The normalized spacial score (nSPS) is 20.0. The lowest BCUT2D eigenvalue weighted by Crippen LogP contribution is -2.09. The quantitative estimate of drug-likeness (QED) is 0.511. The van der Waals surface area contributed by atoms with E-state index in [0.29, 0.717) is 0 Å². The van der Waals surface area contributed by atoms with Crippen molar-refractivity contribution in [2.75, 3.05) is 0 Å². The zero-order valence-electron chi connectivity index (χ0n) is 5.28. The monoisotopic (exact) mass is 132 g/mol. The Morgan fingerprint density at radius 3 is 3.20 bits per heavy atom. The second-order valence-corrected chi connectivity index (χ2v) is 2.04. The van der Waals surface area contributed by atoms with E-state index in [1.54, 1.807) is 18.6 Å². The van der Waals surface area contributed by atoms with Gasteiger partial charge in [-0.2, -0.15) is 5.10 Å². The number of hydrogen-bond donors (Lipinski definition) is 1. The van der Waals surface area contributed by atoms with Crippen LogP contribution in [0.15, 0.2) is 40.9 Å². The summed E-state index contributed by atoms with van der Waals surface area (Å²) in [5, 5.41) is 7.81. The highest BCUT2D eigenvalue weighted by Gasteiger charge is 2.05. The van der Waals surface area contributed by atoms with E-state index < -0.39 is 0 Å². The molecule has 3 nitrogen and oxygen atoms in total. The van der Waals surface area contributed by atoms with Crippen LogP contribution in [0.2, 0.25) is 0 Å². The van der Waals surface area contributed by atoms with Crippen LogP contribution in [0.25, 0.3) is 0 Å². The van der Waals surface area contributed by atoms with E-state index >= 15 is 0 Å². The average Bonchev–Trinajstić information content (AvgIpc) is 2.05. The molecule has 49 valence electrons. The summed E-state index contributed by atoms with van der Waals surface area (Å²) < 4.78 is 0. The van der Waals surface area contributed by atoms with Gasteiger partial charge in [0.05, 0.1) is 6.21 Å². The van der Waals surface area contributed by atoms with Gasteiger partial charge in [-0.05, 0) is 6.08 Å². The highest BCUT2D eigenvalue weighted by Crippen LogP contribution is 2.13. The largest absolute Gasteiger partial charge is 0.285 e. The molecule has 0 aliphatic carbocycles. The van der Waals surface area contributed by atoms with Gasteiger partial charge in [0, 0.05) is 29.7 Å². The molecule has 2 aliphatic heterocycles. The molecule has 0 saturated carbocycles. The number of fused-ring (bicyclic) bond motifs is 1. The van der Waals surface area contributed by atoms with Crippen molar-refractivity contribution in [2.45, 2.75) is 0 Å². The van der Waals surface area contributed by atoms with Crippen molar-refractivity contribution in [1.29, 1.82) is 0 Å². The molecule has 0 aromatic rings. The Kier molecular flexibility index (Phi) is 1.07. The minimum absolute atomic E-state index is 1.06. The van der Waals surface area contributed by atoms with E-state index in [0.717, 1.165) is 11.1 Å². The highest BCUT2D eigenvalue weighted by molar-refractivity contribution is 5.87. The predicted molar refractivity (Wildman–Crippen MR) is 39.1 cm³/mol. The van der Waals surface area contributed by atoms with Crippen LogP contribution in [0.1, 0.15) is 0 Å². The van der Waals surface area contributed by atoms with Crippen LogP contribution in [0.3, 0.4) is 0 Å². The van der Waals surface area contributed by atoms with Crippen LogP contribution >= 0.6 is 0 Å². The van der Waals surface area contributed by atoms with Crippen molar-refractivity contribution >= 4 is 6.21 Å². The first-order valence-corrected chi connectivity index (χ1v) is 3.02. The first-order valence-electron chi connectivity index (χ1n) is 3.02. The summed E-state index contributed by atoms with van der Waals surface area (Å²) in [6.07, 6.45) is 9.08. The Hall–Kier alpha value is -1.51. The summed E-state index contributed by atoms with van der Waals surface area (Å²) >= 11 is 0. The third-order valence-electron chi connectivity index (χ3n) is 1.39. The Balaban J connectivity index is 2.38. The molecule has 3 heteroatoms. The third kappa shape index (κ3) is 0.719. The maximum atomic E-state index is 3.96. The summed E-state index contributed by atoms with van der Waals surface area (Å²) in [6.45, 7) is 0. The standard InChI is InChI=1S/C7H6N3/c1-2-8-3-7-5-10-9-4-6(1)7/h1-5,9H. The molecule has 2 aliphatic rings. The lowest BCUT2D eigenvalue weighted by atomic mass is 10.1. The SMILES string of the molecule is C1=CC2=CNN=CC2=C[N]1. The number of nitrogens with zero attached hydrogens (tertiary/aromatic N) is 2. The van der Waals surface area contributed by atoms with Crippen molar-refractivity contribution in [3.05, 3.63) is 35.8 Å². The Morgan fingerprint density at radius 1 is 1.30 bits per heavy atom. The molecule has 0 aromatic carbocycles. The van der Waals surface area contributed by atoms with Gasteiger partial charge in [0.15, 0.2) is 0 Å². The lowest BCUT2D eigenvalue weighted by Gasteiger charge is -2.10. The van der Waals surface area contributed by atoms with Crippen LogP contribution in [0.5, 0.6) is 0 Å². The van der Waals surface area contributed by atoms with Gasteiger partial charge >= 0.3 is 0 Å². The van der Waals surface area contributed by atoms with E-state index in [-0.39, 0.29) is 0 Å². The maximum Gasteiger partial charge on any atom is 0.0566 e. The molecule has 0 aromatic heterocycles. The van der Waals surface area contributed by atoms with Gasteiger partial charge in [-0.1, -0.05) is 0 Å². The minimum Gasteiger partial charge on any atom is -0.285 e. The zero-order valence-corrected chi connectivity index (χ0v) is 5.28. The Bertz CT molecular complexity index is 230. The van der Waals surface area contributed by atoms with E-state index in [1.165, 1.54) is 0 Å². The van der Waals surface area contributed by atoms with Crippen molar-refractivity contribution in [2.24, 2.45) is 5.10 Å². The zero-order chi connectivity index (χ0) is 6.81. The first-order chi connectivity index (χ1) is 4.97. The molecule has 1 radical (unpaired) electrons. The molecule has 2 rings (SSSR count). The molecule has 0 unspecified atom stereocenters. The number of allylic oxidation sites excluding steroid dienone is 3. The summed E-state index contributed by atoms with van der Waals surface area (Å²) in [6, 6.07) is 0. The van der Waals surface area contributed by atoms with Gasteiger partial charge in [0.1, 0.15) is 0 Å². The van der Waals surface area contributed by atoms with Crippen LogP contribution in [-0.2, 0) is 0 Å². The van der Waals surface area contributed by atoms with Crippen LogP contribution in [0.4, 0.5) is 0 Å².